The second kappa shape index (κ2) is 7.37. The van der Waals surface area contributed by atoms with Gasteiger partial charge in [-0.1, -0.05) is 25.5 Å². The fourth-order valence-corrected chi connectivity index (χ4v) is 2.55. The van der Waals surface area contributed by atoms with Crippen molar-refractivity contribution in [3.05, 3.63) is 34.9 Å². The summed E-state index contributed by atoms with van der Waals surface area (Å²) in [7, 11) is 3.32. The first kappa shape index (κ1) is 17.8. The largest absolute Gasteiger partial charge is 0.493 e. The number of benzene rings is 1. The molecule has 23 heavy (non-hydrogen) atoms. The van der Waals surface area contributed by atoms with Crippen molar-refractivity contribution in [2.75, 3.05) is 27.4 Å². The van der Waals surface area contributed by atoms with Gasteiger partial charge in [0, 0.05) is 16.5 Å². The van der Waals surface area contributed by atoms with E-state index >= 15 is 0 Å². The van der Waals surface area contributed by atoms with Crippen molar-refractivity contribution in [1.82, 2.24) is 0 Å². The smallest absolute Gasteiger partial charge is 0.183 e. The molecule has 0 atom stereocenters. The molecule has 1 fully saturated rings. The zero-order valence-electron chi connectivity index (χ0n) is 15.1. The lowest BCUT2D eigenvalue weighted by Gasteiger charge is -2.35. The lowest BCUT2D eigenvalue weighted by molar-refractivity contribution is -0.226. The molecule has 4 heteroatoms. The van der Waals surface area contributed by atoms with Crippen LogP contribution in [0.4, 0.5) is 0 Å². The monoisotopic (exact) mass is 320 g/mol. The standard InChI is InChI=1S/C19H28O4/c1-13(2)7-8-14-9-15(10-16(20-5)17(14)21-6)18-22-11-19(3,4)12-23-18/h7,9-10,18H,8,11-12H2,1-6H3. The second-order valence-electron chi connectivity index (χ2n) is 7.02. The fourth-order valence-electron chi connectivity index (χ4n) is 2.55. The summed E-state index contributed by atoms with van der Waals surface area (Å²) in [4.78, 5) is 0. The van der Waals surface area contributed by atoms with E-state index in [0.717, 1.165) is 23.3 Å². The van der Waals surface area contributed by atoms with Gasteiger partial charge in [0.05, 0.1) is 27.4 Å². The summed E-state index contributed by atoms with van der Waals surface area (Å²) in [6, 6.07) is 4.03. The number of ether oxygens (including phenoxy) is 4. The Morgan fingerprint density at radius 1 is 1.17 bits per heavy atom. The fraction of sp³-hybridized carbons (Fsp3) is 0.579. The van der Waals surface area contributed by atoms with E-state index in [1.165, 1.54) is 5.57 Å². The molecule has 1 heterocycles. The van der Waals surface area contributed by atoms with Crippen LogP contribution in [0.25, 0.3) is 0 Å². The number of hydrogen-bond acceptors (Lipinski definition) is 4. The highest BCUT2D eigenvalue weighted by atomic mass is 16.7. The minimum Gasteiger partial charge on any atom is -0.493 e. The molecule has 0 spiro atoms. The predicted octanol–water partition coefficient (Wildman–Crippen LogP) is 4.28. The first-order valence-electron chi connectivity index (χ1n) is 7.97. The Balaban J connectivity index is 2.33. The molecule has 0 amide bonds. The quantitative estimate of drug-likeness (QED) is 0.759. The van der Waals surface area contributed by atoms with Gasteiger partial charge in [-0.25, -0.2) is 0 Å². The van der Waals surface area contributed by atoms with E-state index in [4.69, 9.17) is 18.9 Å². The molecule has 0 saturated carbocycles. The van der Waals surface area contributed by atoms with E-state index in [2.05, 4.69) is 39.8 Å². The van der Waals surface area contributed by atoms with E-state index in [1.807, 2.05) is 6.07 Å². The van der Waals surface area contributed by atoms with Crippen LogP contribution in [0.2, 0.25) is 0 Å². The highest BCUT2D eigenvalue weighted by Gasteiger charge is 2.30. The van der Waals surface area contributed by atoms with Crippen molar-refractivity contribution in [3.63, 3.8) is 0 Å². The number of allylic oxidation sites excluding steroid dienone is 2. The third-order valence-electron chi connectivity index (χ3n) is 3.83. The molecule has 1 aromatic carbocycles. The summed E-state index contributed by atoms with van der Waals surface area (Å²) in [5.74, 6) is 1.48. The number of rotatable bonds is 5. The molecule has 0 unspecified atom stereocenters. The normalized spacial score (nSPS) is 17.7. The zero-order valence-corrected chi connectivity index (χ0v) is 15.1. The lowest BCUT2D eigenvalue weighted by Crippen LogP contribution is -2.33. The van der Waals surface area contributed by atoms with Gasteiger partial charge in [0.2, 0.25) is 0 Å². The Hall–Kier alpha value is -1.52. The van der Waals surface area contributed by atoms with Crippen molar-refractivity contribution in [3.8, 4) is 11.5 Å². The Morgan fingerprint density at radius 2 is 1.83 bits per heavy atom. The van der Waals surface area contributed by atoms with E-state index in [0.29, 0.717) is 19.0 Å². The minimum atomic E-state index is -0.353. The molecule has 2 rings (SSSR count). The highest BCUT2D eigenvalue weighted by molar-refractivity contribution is 5.50. The molecule has 1 aliphatic rings. The Bertz CT molecular complexity index is 561. The predicted molar refractivity (Wildman–Crippen MR) is 91.1 cm³/mol. The van der Waals surface area contributed by atoms with Crippen molar-refractivity contribution in [2.24, 2.45) is 5.41 Å². The molecule has 0 bridgehead atoms. The summed E-state index contributed by atoms with van der Waals surface area (Å²) in [5, 5.41) is 0. The molecule has 4 nitrogen and oxygen atoms in total. The van der Waals surface area contributed by atoms with Crippen LogP contribution >= 0.6 is 0 Å². The van der Waals surface area contributed by atoms with Crippen LogP contribution in [0, 0.1) is 5.41 Å². The van der Waals surface area contributed by atoms with Gasteiger partial charge in [0.25, 0.3) is 0 Å². The Kier molecular flexibility index (Phi) is 5.71. The molecule has 1 aromatic rings. The van der Waals surface area contributed by atoms with Crippen LogP contribution < -0.4 is 9.47 Å². The van der Waals surface area contributed by atoms with Gasteiger partial charge >= 0.3 is 0 Å². The van der Waals surface area contributed by atoms with Crippen molar-refractivity contribution in [1.29, 1.82) is 0 Å². The molecule has 0 N–H and O–H groups in total. The molecule has 0 aliphatic carbocycles. The number of hydrogen-bond donors (Lipinski definition) is 0. The van der Waals surface area contributed by atoms with Crippen LogP contribution in [0.15, 0.2) is 23.8 Å². The van der Waals surface area contributed by atoms with Crippen LogP contribution in [0.5, 0.6) is 11.5 Å². The van der Waals surface area contributed by atoms with E-state index in [-0.39, 0.29) is 11.7 Å². The van der Waals surface area contributed by atoms with Gasteiger partial charge in [0.15, 0.2) is 17.8 Å². The van der Waals surface area contributed by atoms with Crippen molar-refractivity contribution in [2.45, 2.75) is 40.4 Å². The van der Waals surface area contributed by atoms with Crippen LogP contribution in [0.3, 0.4) is 0 Å². The van der Waals surface area contributed by atoms with E-state index in [9.17, 15) is 0 Å². The third-order valence-corrected chi connectivity index (χ3v) is 3.83. The SMILES string of the molecule is COc1cc(C2OCC(C)(C)CO2)cc(CC=C(C)C)c1OC. The first-order valence-corrected chi connectivity index (χ1v) is 7.97. The lowest BCUT2D eigenvalue weighted by atomic mass is 9.95. The summed E-state index contributed by atoms with van der Waals surface area (Å²) in [6.07, 6.45) is 2.61. The molecule has 1 saturated heterocycles. The molecule has 1 aliphatic heterocycles. The van der Waals surface area contributed by atoms with E-state index in [1.54, 1.807) is 14.2 Å². The van der Waals surface area contributed by atoms with Gasteiger partial charge in [-0.15, -0.1) is 0 Å². The maximum atomic E-state index is 5.90. The topological polar surface area (TPSA) is 36.9 Å². The van der Waals surface area contributed by atoms with Gasteiger partial charge in [-0.2, -0.15) is 0 Å². The maximum absolute atomic E-state index is 5.90. The first-order chi connectivity index (χ1) is 10.9. The average molecular weight is 320 g/mol. The van der Waals surface area contributed by atoms with Gasteiger partial charge in [-0.05, 0) is 32.4 Å². The van der Waals surface area contributed by atoms with Crippen molar-refractivity contribution >= 4 is 0 Å². The Morgan fingerprint density at radius 3 is 2.35 bits per heavy atom. The van der Waals surface area contributed by atoms with Crippen LogP contribution in [-0.2, 0) is 15.9 Å². The van der Waals surface area contributed by atoms with Gasteiger partial charge in [0.1, 0.15) is 0 Å². The average Bonchev–Trinajstić information content (AvgIpc) is 2.51. The molecular formula is C19H28O4. The van der Waals surface area contributed by atoms with Crippen LogP contribution in [0.1, 0.15) is 45.1 Å². The summed E-state index contributed by atoms with van der Waals surface area (Å²) >= 11 is 0. The second-order valence-corrected chi connectivity index (χ2v) is 7.02. The molecule has 0 radical (unpaired) electrons. The van der Waals surface area contributed by atoms with Crippen molar-refractivity contribution < 1.29 is 18.9 Å². The van der Waals surface area contributed by atoms with E-state index < -0.39 is 0 Å². The summed E-state index contributed by atoms with van der Waals surface area (Å²) in [5.41, 5.74) is 3.36. The zero-order chi connectivity index (χ0) is 17.0. The Labute approximate surface area is 139 Å². The van der Waals surface area contributed by atoms with Crippen LogP contribution in [-0.4, -0.2) is 27.4 Å². The maximum Gasteiger partial charge on any atom is 0.183 e. The van der Waals surface area contributed by atoms with Gasteiger partial charge < -0.3 is 18.9 Å². The highest BCUT2D eigenvalue weighted by Crippen LogP contribution is 2.38. The summed E-state index contributed by atoms with van der Waals surface area (Å²) in [6.45, 7) is 9.80. The molecule has 0 aromatic heterocycles. The number of methoxy groups -OCH3 is 2. The third kappa shape index (κ3) is 4.49. The molecular weight excluding hydrogens is 292 g/mol. The van der Waals surface area contributed by atoms with Gasteiger partial charge in [-0.3, -0.25) is 0 Å². The summed E-state index contributed by atoms with van der Waals surface area (Å²) < 4.78 is 22.8. The minimum absolute atomic E-state index is 0.0535. The molecule has 128 valence electrons.